The molecule has 2 aromatic carbocycles. The fourth-order valence-electron chi connectivity index (χ4n) is 3.88. The number of amides is 1. The van der Waals surface area contributed by atoms with Crippen molar-refractivity contribution in [1.82, 2.24) is 4.90 Å². The zero-order valence-electron chi connectivity index (χ0n) is 17.3. The van der Waals surface area contributed by atoms with Crippen molar-refractivity contribution in [3.8, 4) is 17.6 Å². The predicted octanol–water partition coefficient (Wildman–Crippen LogP) is 3.25. The first-order valence-corrected chi connectivity index (χ1v) is 9.64. The van der Waals surface area contributed by atoms with Gasteiger partial charge in [-0.3, -0.25) is 9.59 Å². The van der Waals surface area contributed by atoms with Gasteiger partial charge in [-0.05, 0) is 30.2 Å². The minimum atomic E-state index is -1.65. The third kappa shape index (κ3) is 3.69. The number of benzene rings is 2. The summed E-state index contributed by atoms with van der Waals surface area (Å²) in [6, 6.07) is 15.9. The Labute approximate surface area is 175 Å². The monoisotopic (exact) mass is 408 g/mol. The molecule has 2 aromatic rings. The molecule has 2 atom stereocenters. The Kier molecular flexibility index (Phi) is 6.26. The maximum Gasteiger partial charge on any atom is 0.329 e. The third-order valence-electron chi connectivity index (χ3n) is 5.29. The Bertz CT molecular complexity index is 969. The summed E-state index contributed by atoms with van der Waals surface area (Å²) in [5.41, 5.74) is -0.153. The molecule has 0 bridgehead atoms. The van der Waals surface area contributed by atoms with Crippen LogP contribution in [-0.4, -0.2) is 37.6 Å². The van der Waals surface area contributed by atoms with Gasteiger partial charge < -0.3 is 19.1 Å². The van der Waals surface area contributed by atoms with E-state index in [0.717, 1.165) is 5.56 Å². The molecule has 0 aliphatic carbocycles. The van der Waals surface area contributed by atoms with Crippen LogP contribution in [-0.2, 0) is 20.9 Å². The van der Waals surface area contributed by atoms with Crippen molar-refractivity contribution in [3.05, 3.63) is 59.7 Å². The molecular weight excluding hydrogens is 384 g/mol. The molecule has 1 fully saturated rings. The highest BCUT2D eigenvalue weighted by Gasteiger charge is 2.59. The molecule has 0 saturated carbocycles. The van der Waals surface area contributed by atoms with E-state index in [9.17, 15) is 14.9 Å². The van der Waals surface area contributed by atoms with E-state index in [2.05, 4.69) is 6.07 Å². The van der Waals surface area contributed by atoms with Crippen molar-refractivity contribution in [3.63, 3.8) is 0 Å². The lowest BCUT2D eigenvalue weighted by atomic mass is 9.78. The predicted molar refractivity (Wildman–Crippen MR) is 109 cm³/mol. The van der Waals surface area contributed by atoms with Crippen LogP contribution in [0.4, 0.5) is 0 Å². The van der Waals surface area contributed by atoms with Gasteiger partial charge >= 0.3 is 5.97 Å². The van der Waals surface area contributed by atoms with Crippen molar-refractivity contribution in [2.24, 2.45) is 5.41 Å². The Hall–Kier alpha value is -3.53. The molecule has 30 heavy (non-hydrogen) atoms. The number of carbonyl (C=O) groups is 2. The molecule has 0 unspecified atom stereocenters. The molecule has 0 aromatic heterocycles. The summed E-state index contributed by atoms with van der Waals surface area (Å²) in [5.74, 6) is -0.0204. The Morgan fingerprint density at radius 1 is 1.17 bits per heavy atom. The first-order chi connectivity index (χ1) is 14.5. The van der Waals surface area contributed by atoms with Crippen LogP contribution in [0.1, 0.15) is 30.5 Å². The standard InChI is InChI=1S/C23H24N2O5/c1-4-30-22(27)23(15-24)13-20(26)25(14-16-8-6-5-7-9-16)21(23)17-10-11-18(28-2)19(12-17)29-3/h5-12,21H,4,13-14H2,1-3H3/t21-,23-/m0/s1. The summed E-state index contributed by atoms with van der Waals surface area (Å²) in [4.78, 5) is 27.5. The van der Waals surface area contributed by atoms with Crippen LogP contribution in [0.2, 0.25) is 0 Å². The Morgan fingerprint density at radius 2 is 1.87 bits per heavy atom. The number of nitriles is 1. The average Bonchev–Trinajstić information content (AvgIpc) is 3.06. The molecule has 156 valence electrons. The van der Waals surface area contributed by atoms with Gasteiger partial charge in [0.15, 0.2) is 16.9 Å². The highest BCUT2D eigenvalue weighted by atomic mass is 16.5. The van der Waals surface area contributed by atoms with Crippen LogP contribution in [0.25, 0.3) is 0 Å². The van der Waals surface area contributed by atoms with Gasteiger partial charge in [-0.2, -0.15) is 5.26 Å². The second-order valence-electron chi connectivity index (χ2n) is 7.00. The summed E-state index contributed by atoms with van der Waals surface area (Å²) < 4.78 is 15.9. The van der Waals surface area contributed by atoms with Gasteiger partial charge in [-0.1, -0.05) is 36.4 Å². The van der Waals surface area contributed by atoms with E-state index in [1.807, 2.05) is 30.3 Å². The number of ether oxygens (including phenoxy) is 3. The van der Waals surface area contributed by atoms with Crippen molar-refractivity contribution in [2.75, 3.05) is 20.8 Å². The molecule has 7 heteroatoms. The summed E-state index contributed by atoms with van der Waals surface area (Å²) >= 11 is 0. The topological polar surface area (TPSA) is 88.9 Å². The highest BCUT2D eigenvalue weighted by Crippen LogP contribution is 2.50. The minimum absolute atomic E-state index is 0.119. The molecule has 0 radical (unpaired) electrons. The maximum atomic E-state index is 13.0. The number of likely N-dealkylation sites (tertiary alicyclic amines) is 1. The second-order valence-corrected chi connectivity index (χ2v) is 7.00. The van der Waals surface area contributed by atoms with Crippen LogP contribution >= 0.6 is 0 Å². The molecule has 1 saturated heterocycles. The lowest BCUT2D eigenvalue weighted by Gasteiger charge is -2.32. The fraction of sp³-hybridized carbons (Fsp3) is 0.348. The van der Waals surface area contributed by atoms with Crippen molar-refractivity contribution in [1.29, 1.82) is 5.26 Å². The van der Waals surface area contributed by atoms with Gasteiger partial charge in [0, 0.05) is 6.54 Å². The quantitative estimate of drug-likeness (QED) is 0.654. The lowest BCUT2D eigenvalue weighted by molar-refractivity contribution is -0.153. The SMILES string of the molecule is CCOC(=O)[C@]1(C#N)CC(=O)N(Cc2ccccc2)[C@H]1c1ccc(OC)c(OC)c1. The molecule has 0 spiro atoms. The molecule has 0 N–H and O–H groups in total. The fourth-order valence-corrected chi connectivity index (χ4v) is 3.88. The van der Waals surface area contributed by atoms with Crippen LogP contribution in [0, 0.1) is 16.7 Å². The average molecular weight is 408 g/mol. The number of nitrogens with zero attached hydrogens (tertiary/aromatic N) is 2. The number of hydrogen-bond acceptors (Lipinski definition) is 6. The van der Waals surface area contributed by atoms with E-state index in [0.29, 0.717) is 17.1 Å². The molecule has 1 heterocycles. The van der Waals surface area contributed by atoms with Crippen molar-refractivity contribution in [2.45, 2.75) is 25.9 Å². The van der Waals surface area contributed by atoms with Crippen LogP contribution in [0.15, 0.2) is 48.5 Å². The molecule has 1 aliphatic heterocycles. The number of methoxy groups -OCH3 is 2. The molecule has 3 rings (SSSR count). The molecular formula is C23H24N2O5. The maximum absolute atomic E-state index is 13.0. The summed E-state index contributed by atoms with van der Waals surface area (Å²) in [5, 5.41) is 10.1. The van der Waals surface area contributed by atoms with Gasteiger partial charge in [-0.25, -0.2) is 0 Å². The Balaban J connectivity index is 2.14. The molecule has 1 amide bonds. The number of hydrogen-bond donors (Lipinski definition) is 0. The Morgan fingerprint density at radius 3 is 2.47 bits per heavy atom. The van der Waals surface area contributed by atoms with Gasteiger partial charge in [0.05, 0.1) is 39.4 Å². The first kappa shape index (κ1) is 21.2. The number of esters is 1. The number of rotatable bonds is 7. The van der Waals surface area contributed by atoms with Crippen LogP contribution in [0.5, 0.6) is 11.5 Å². The van der Waals surface area contributed by atoms with Crippen molar-refractivity contribution >= 4 is 11.9 Å². The van der Waals surface area contributed by atoms with Gasteiger partial charge in [0.2, 0.25) is 5.91 Å². The van der Waals surface area contributed by atoms with E-state index >= 15 is 0 Å². The second kappa shape index (κ2) is 8.87. The van der Waals surface area contributed by atoms with E-state index in [1.165, 1.54) is 14.2 Å². The van der Waals surface area contributed by atoms with Crippen molar-refractivity contribution < 1.29 is 23.8 Å². The van der Waals surface area contributed by atoms with Gasteiger partial charge in [-0.15, -0.1) is 0 Å². The normalized spacial score (nSPS) is 20.5. The highest BCUT2D eigenvalue weighted by molar-refractivity contribution is 5.93. The smallest absolute Gasteiger partial charge is 0.329 e. The van der Waals surface area contributed by atoms with Crippen LogP contribution in [0.3, 0.4) is 0 Å². The van der Waals surface area contributed by atoms with Gasteiger partial charge in [0.25, 0.3) is 0 Å². The lowest BCUT2D eigenvalue weighted by Crippen LogP contribution is -2.38. The third-order valence-corrected chi connectivity index (χ3v) is 5.29. The minimum Gasteiger partial charge on any atom is -0.493 e. The van der Waals surface area contributed by atoms with E-state index in [1.54, 1.807) is 30.0 Å². The summed E-state index contributed by atoms with van der Waals surface area (Å²) in [7, 11) is 3.03. The van der Waals surface area contributed by atoms with E-state index < -0.39 is 17.4 Å². The summed E-state index contributed by atoms with van der Waals surface area (Å²) in [6.45, 7) is 2.06. The molecule has 1 aliphatic rings. The summed E-state index contributed by atoms with van der Waals surface area (Å²) in [6.07, 6.45) is -0.242. The zero-order valence-corrected chi connectivity index (χ0v) is 17.3. The van der Waals surface area contributed by atoms with Crippen LogP contribution < -0.4 is 9.47 Å². The van der Waals surface area contributed by atoms with Gasteiger partial charge in [0.1, 0.15) is 0 Å². The number of carbonyl (C=O) groups excluding carboxylic acids is 2. The largest absolute Gasteiger partial charge is 0.493 e. The first-order valence-electron chi connectivity index (χ1n) is 9.64. The zero-order chi connectivity index (χ0) is 21.7. The van der Waals surface area contributed by atoms with E-state index in [-0.39, 0.29) is 25.5 Å². The van der Waals surface area contributed by atoms with E-state index in [4.69, 9.17) is 14.2 Å². The molecule has 7 nitrogen and oxygen atoms in total.